The van der Waals surface area contributed by atoms with Gasteiger partial charge in [0.1, 0.15) is 11.5 Å². The number of nitrogens with one attached hydrogen (secondary N) is 1. The summed E-state index contributed by atoms with van der Waals surface area (Å²) in [6.45, 7) is 0. The molecule has 0 aliphatic heterocycles. The van der Waals surface area contributed by atoms with Crippen LogP contribution in [0.2, 0.25) is 0 Å². The molecule has 0 bridgehead atoms. The zero-order chi connectivity index (χ0) is 12.7. The number of ether oxygens (including phenoxy) is 2. The molecule has 1 aromatic rings. The second-order valence-corrected chi connectivity index (χ2v) is 3.73. The summed E-state index contributed by atoms with van der Waals surface area (Å²) in [5.41, 5.74) is 1.12. The highest BCUT2D eigenvalue weighted by atomic mass is 16.5. The van der Waals surface area contributed by atoms with Crippen molar-refractivity contribution in [1.29, 1.82) is 0 Å². The van der Waals surface area contributed by atoms with Gasteiger partial charge in [-0.1, -0.05) is 0 Å². The highest BCUT2D eigenvalue weighted by molar-refractivity contribution is 5.39. The molecule has 0 amide bonds. The minimum Gasteiger partial charge on any atom is -0.497 e. The van der Waals surface area contributed by atoms with Crippen LogP contribution < -0.4 is 14.8 Å². The van der Waals surface area contributed by atoms with Crippen molar-refractivity contribution in [3.05, 3.63) is 23.8 Å². The van der Waals surface area contributed by atoms with Crippen molar-refractivity contribution in [3.8, 4) is 23.8 Å². The fourth-order valence-corrected chi connectivity index (χ4v) is 1.74. The minimum atomic E-state index is 0.218. The molecule has 0 heterocycles. The van der Waals surface area contributed by atoms with Gasteiger partial charge in [0.05, 0.1) is 14.2 Å². The van der Waals surface area contributed by atoms with E-state index >= 15 is 0 Å². The zero-order valence-electron chi connectivity index (χ0n) is 10.6. The van der Waals surface area contributed by atoms with Crippen molar-refractivity contribution in [2.75, 3.05) is 21.3 Å². The van der Waals surface area contributed by atoms with Crippen LogP contribution in [0.15, 0.2) is 18.2 Å². The number of hydrogen-bond acceptors (Lipinski definition) is 3. The van der Waals surface area contributed by atoms with Gasteiger partial charge in [0, 0.05) is 18.5 Å². The van der Waals surface area contributed by atoms with Crippen LogP contribution in [0.5, 0.6) is 11.5 Å². The molecule has 0 fully saturated rings. The van der Waals surface area contributed by atoms with E-state index in [0.717, 1.165) is 29.9 Å². The summed E-state index contributed by atoms with van der Waals surface area (Å²) >= 11 is 0. The van der Waals surface area contributed by atoms with E-state index in [1.54, 1.807) is 14.2 Å². The topological polar surface area (TPSA) is 30.5 Å². The van der Waals surface area contributed by atoms with Crippen molar-refractivity contribution in [3.63, 3.8) is 0 Å². The maximum Gasteiger partial charge on any atom is 0.122 e. The summed E-state index contributed by atoms with van der Waals surface area (Å²) in [5.74, 6) is 4.24. The lowest BCUT2D eigenvalue weighted by Crippen LogP contribution is -2.16. The van der Waals surface area contributed by atoms with Crippen molar-refractivity contribution in [2.45, 2.75) is 18.9 Å². The summed E-state index contributed by atoms with van der Waals surface area (Å²) in [5, 5.41) is 3.25. The fourth-order valence-electron chi connectivity index (χ4n) is 1.74. The van der Waals surface area contributed by atoms with Crippen molar-refractivity contribution < 1.29 is 9.47 Å². The molecule has 0 aliphatic rings. The first-order chi connectivity index (χ1) is 8.24. The van der Waals surface area contributed by atoms with Crippen LogP contribution in [0.4, 0.5) is 0 Å². The third-order valence-corrected chi connectivity index (χ3v) is 2.70. The molecule has 1 N–H and O–H groups in total. The number of terminal acetylenes is 1. The van der Waals surface area contributed by atoms with Gasteiger partial charge in [0.15, 0.2) is 0 Å². The van der Waals surface area contributed by atoms with E-state index in [1.165, 1.54) is 0 Å². The Hall–Kier alpha value is -1.66. The largest absolute Gasteiger partial charge is 0.497 e. The molecule has 0 saturated heterocycles. The highest BCUT2D eigenvalue weighted by Gasteiger charge is 2.11. The fraction of sp³-hybridized carbons (Fsp3) is 0.429. The molecular formula is C14H19NO2. The van der Waals surface area contributed by atoms with E-state index in [-0.39, 0.29) is 6.04 Å². The Kier molecular flexibility index (Phi) is 5.38. The van der Waals surface area contributed by atoms with Crippen molar-refractivity contribution >= 4 is 0 Å². The molecule has 1 aromatic carbocycles. The quantitative estimate of drug-likeness (QED) is 0.765. The number of rotatable bonds is 6. The molecule has 1 rings (SSSR count). The van der Waals surface area contributed by atoms with E-state index in [0.29, 0.717) is 0 Å². The van der Waals surface area contributed by atoms with Gasteiger partial charge in [-0.25, -0.2) is 0 Å². The van der Waals surface area contributed by atoms with Crippen molar-refractivity contribution in [1.82, 2.24) is 5.32 Å². The summed E-state index contributed by atoms with van der Waals surface area (Å²) < 4.78 is 10.5. The summed E-state index contributed by atoms with van der Waals surface area (Å²) in [6, 6.07) is 6.08. The van der Waals surface area contributed by atoms with E-state index in [4.69, 9.17) is 15.9 Å². The van der Waals surface area contributed by atoms with Gasteiger partial charge in [0.25, 0.3) is 0 Å². The van der Waals surface area contributed by atoms with Crippen LogP contribution in [0, 0.1) is 12.3 Å². The first kappa shape index (κ1) is 13.4. The van der Waals surface area contributed by atoms with Crippen LogP contribution in [0.1, 0.15) is 24.4 Å². The average Bonchev–Trinajstić information content (AvgIpc) is 2.39. The van der Waals surface area contributed by atoms with E-state index in [9.17, 15) is 0 Å². The van der Waals surface area contributed by atoms with Crippen LogP contribution in [0.25, 0.3) is 0 Å². The number of methoxy groups -OCH3 is 2. The van der Waals surface area contributed by atoms with Crippen LogP contribution in [-0.2, 0) is 0 Å². The Labute approximate surface area is 103 Å². The van der Waals surface area contributed by atoms with Gasteiger partial charge in [-0.3, -0.25) is 0 Å². The Morgan fingerprint density at radius 2 is 1.82 bits per heavy atom. The number of benzene rings is 1. The van der Waals surface area contributed by atoms with Crippen LogP contribution >= 0.6 is 0 Å². The van der Waals surface area contributed by atoms with E-state index in [1.807, 2.05) is 25.2 Å². The summed E-state index contributed by atoms with van der Waals surface area (Å²) in [6.07, 6.45) is 6.93. The van der Waals surface area contributed by atoms with Gasteiger partial charge in [0.2, 0.25) is 0 Å². The Morgan fingerprint density at radius 3 is 2.24 bits per heavy atom. The molecule has 3 nitrogen and oxygen atoms in total. The summed E-state index contributed by atoms with van der Waals surface area (Å²) in [4.78, 5) is 0. The number of hydrogen-bond donors (Lipinski definition) is 1. The smallest absolute Gasteiger partial charge is 0.122 e. The monoisotopic (exact) mass is 233 g/mol. The lowest BCUT2D eigenvalue weighted by molar-refractivity contribution is 0.391. The predicted molar refractivity (Wildman–Crippen MR) is 69.4 cm³/mol. The molecule has 17 heavy (non-hydrogen) atoms. The van der Waals surface area contributed by atoms with Gasteiger partial charge in [-0.15, -0.1) is 12.3 Å². The first-order valence-electron chi connectivity index (χ1n) is 5.58. The molecule has 0 saturated carbocycles. The third-order valence-electron chi connectivity index (χ3n) is 2.70. The molecule has 0 aliphatic carbocycles. The molecule has 92 valence electrons. The van der Waals surface area contributed by atoms with Crippen LogP contribution in [-0.4, -0.2) is 21.3 Å². The SMILES string of the molecule is C#CCCC(NC)c1cc(OC)cc(OC)c1. The Balaban J connectivity index is 2.97. The van der Waals surface area contributed by atoms with Gasteiger partial charge < -0.3 is 14.8 Å². The maximum absolute atomic E-state index is 5.29. The third kappa shape index (κ3) is 3.69. The predicted octanol–water partition coefficient (Wildman–Crippen LogP) is 2.38. The lowest BCUT2D eigenvalue weighted by atomic mass is 10.0. The van der Waals surface area contributed by atoms with Gasteiger partial charge in [-0.2, -0.15) is 0 Å². The van der Waals surface area contributed by atoms with E-state index in [2.05, 4.69) is 11.2 Å². The van der Waals surface area contributed by atoms with Crippen molar-refractivity contribution in [2.24, 2.45) is 0 Å². The minimum absolute atomic E-state index is 0.218. The highest BCUT2D eigenvalue weighted by Crippen LogP contribution is 2.28. The zero-order valence-corrected chi connectivity index (χ0v) is 10.6. The molecule has 1 unspecified atom stereocenters. The lowest BCUT2D eigenvalue weighted by Gasteiger charge is -2.17. The molecule has 0 radical (unpaired) electrons. The second kappa shape index (κ2) is 6.82. The second-order valence-electron chi connectivity index (χ2n) is 3.73. The van der Waals surface area contributed by atoms with Crippen LogP contribution in [0.3, 0.4) is 0 Å². The standard InChI is InChI=1S/C14H19NO2/c1-5-6-7-14(15-2)11-8-12(16-3)10-13(9-11)17-4/h1,8-10,14-15H,6-7H2,2-4H3. The maximum atomic E-state index is 5.29. The normalized spacial score (nSPS) is 11.6. The Morgan fingerprint density at radius 1 is 1.24 bits per heavy atom. The molecule has 1 atom stereocenters. The first-order valence-corrected chi connectivity index (χ1v) is 5.58. The van der Waals surface area contributed by atoms with E-state index < -0.39 is 0 Å². The van der Waals surface area contributed by atoms with Gasteiger partial charge in [-0.05, 0) is 31.2 Å². The molecule has 0 spiro atoms. The molecular weight excluding hydrogens is 214 g/mol. The van der Waals surface area contributed by atoms with Gasteiger partial charge >= 0.3 is 0 Å². The average molecular weight is 233 g/mol. The Bertz CT molecular complexity index is 373. The summed E-state index contributed by atoms with van der Waals surface area (Å²) in [7, 11) is 5.22. The molecule has 3 heteroatoms. The molecule has 0 aromatic heterocycles.